The average Bonchev–Trinajstić information content (AvgIpc) is 2.94. The van der Waals surface area contributed by atoms with Crippen LogP contribution in [0.5, 0.6) is 0 Å². The summed E-state index contributed by atoms with van der Waals surface area (Å²) in [5.41, 5.74) is 3.10. The van der Waals surface area contributed by atoms with Crippen molar-refractivity contribution in [1.82, 2.24) is 4.98 Å². The number of hydrogen-bond donors (Lipinski definition) is 1. The minimum Gasteiger partial charge on any atom is -0.377 e. The Morgan fingerprint density at radius 3 is 2.86 bits per heavy atom. The number of thiazole rings is 1. The highest BCUT2D eigenvalue weighted by Gasteiger charge is 2.09. The molecule has 2 aromatic rings. The first-order chi connectivity index (χ1) is 10.1. The van der Waals surface area contributed by atoms with Crippen molar-refractivity contribution in [1.29, 1.82) is 0 Å². The van der Waals surface area contributed by atoms with Crippen LogP contribution in [-0.2, 0) is 11.2 Å². The number of carbonyl (C=O) groups excluding carboxylic acids is 1. The number of aryl methyl sites for hydroxylation is 1. The van der Waals surface area contributed by atoms with Gasteiger partial charge in [-0.25, -0.2) is 4.98 Å². The van der Waals surface area contributed by atoms with Gasteiger partial charge in [0, 0.05) is 43.5 Å². The Labute approximate surface area is 129 Å². The van der Waals surface area contributed by atoms with Crippen LogP contribution in [0, 0.1) is 6.92 Å². The molecule has 0 bridgehead atoms. The standard InChI is InChI=1S/C16H21N3OS/c1-12-13(6-4-7-14(12)19(2)3)18-15(20)8-5-9-16-17-10-11-21-16/h4,6-7,10-11H,5,8-9H2,1-3H3,(H,18,20). The highest BCUT2D eigenvalue weighted by molar-refractivity contribution is 7.09. The maximum absolute atomic E-state index is 12.0. The van der Waals surface area contributed by atoms with Crippen molar-refractivity contribution < 1.29 is 4.79 Å². The molecule has 2 rings (SSSR count). The monoisotopic (exact) mass is 303 g/mol. The molecule has 21 heavy (non-hydrogen) atoms. The van der Waals surface area contributed by atoms with Gasteiger partial charge in [0.25, 0.3) is 0 Å². The van der Waals surface area contributed by atoms with E-state index in [4.69, 9.17) is 0 Å². The van der Waals surface area contributed by atoms with E-state index in [1.165, 1.54) is 0 Å². The number of aromatic nitrogens is 1. The van der Waals surface area contributed by atoms with E-state index in [1.54, 1.807) is 17.5 Å². The first-order valence-electron chi connectivity index (χ1n) is 7.03. The summed E-state index contributed by atoms with van der Waals surface area (Å²) in [6.07, 6.45) is 4.01. The predicted octanol–water partition coefficient (Wildman–Crippen LogP) is 3.48. The maximum Gasteiger partial charge on any atom is 0.224 e. The van der Waals surface area contributed by atoms with Crippen LogP contribution in [0.2, 0.25) is 0 Å². The van der Waals surface area contributed by atoms with Crippen molar-refractivity contribution in [3.63, 3.8) is 0 Å². The van der Waals surface area contributed by atoms with E-state index >= 15 is 0 Å². The second-order valence-corrected chi connectivity index (χ2v) is 6.15. The zero-order chi connectivity index (χ0) is 15.2. The van der Waals surface area contributed by atoms with Gasteiger partial charge in [0.15, 0.2) is 0 Å². The number of anilines is 2. The molecule has 0 spiro atoms. The van der Waals surface area contributed by atoms with Gasteiger partial charge in [-0.2, -0.15) is 0 Å². The molecule has 4 nitrogen and oxygen atoms in total. The molecule has 0 aliphatic rings. The molecule has 1 amide bonds. The molecule has 1 aromatic carbocycles. The fourth-order valence-corrected chi connectivity index (χ4v) is 2.90. The third kappa shape index (κ3) is 4.29. The minimum atomic E-state index is 0.0607. The number of benzene rings is 1. The van der Waals surface area contributed by atoms with Gasteiger partial charge in [0.05, 0.1) is 5.01 Å². The quantitative estimate of drug-likeness (QED) is 0.888. The van der Waals surface area contributed by atoms with Crippen LogP contribution >= 0.6 is 11.3 Å². The highest BCUT2D eigenvalue weighted by Crippen LogP contribution is 2.25. The van der Waals surface area contributed by atoms with Gasteiger partial charge < -0.3 is 10.2 Å². The van der Waals surface area contributed by atoms with E-state index in [1.807, 2.05) is 49.5 Å². The molecule has 1 heterocycles. The van der Waals surface area contributed by atoms with Crippen LogP contribution in [-0.4, -0.2) is 25.0 Å². The van der Waals surface area contributed by atoms with Gasteiger partial charge in [0.2, 0.25) is 5.91 Å². The van der Waals surface area contributed by atoms with Crippen LogP contribution < -0.4 is 10.2 Å². The van der Waals surface area contributed by atoms with Crippen molar-refractivity contribution in [2.45, 2.75) is 26.2 Å². The second-order valence-electron chi connectivity index (χ2n) is 5.17. The lowest BCUT2D eigenvalue weighted by molar-refractivity contribution is -0.116. The third-order valence-corrected chi connectivity index (χ3v) is 4.18. The Bertz CT molecular complexity index is 594. The first kappa shape index (κ1) is 15.5. The topological polar surface area (TPSA) is 45.2 Å². The fraction of sp³-hybridized carbons (Fsp3) is 0.375. The Kier molecular flexibility index (Phi) is 5.33. The maximum atomic E-state index is 12.0. The Balaban J connectivity index is 1.89. The van der Waals surface area contributed by atoms with Crippen molar-refractivity contribution in [3.8, 4) is 0 Å². The molecule has 0 fully saturated rings. The summed E-state index contributed by atoms with van der Waals surface area (Å²) in [4.78, 5) is 18.3. The molecular weight excluding hydrogens is 282 g/mol. The van der Waals surface area contributed by atoms with Crippen molar-refractivity contribution in [2.24, 2.45) is 0 Å². The fourth-order valence-electron chi connectivity index (χ4n) is 2.23. The van der Waals surface area contributed by atoms with Gasteiger partial charge in [-0.15, -0.1) is 11.3 Å². The lowest BCUT2D eigenvalue weighted by atomic mass is 10.1. The molecule has 5 heteroatoms. The summed E-state index contributed by atoms with van der Waals surface area (Å²) in [5.74, 6) is 0.0607. The predicted molar refractivity (Wildman–Crippen MR) is 89.2 cm³/mol. The molecule has 0 saturated heterocycles. The molecule has 1 aromatic heterocycles. The molecule has 0 aliphatic carbocycles. The smallest absolute Gasteiger partial charge is 0.224 e. The number of hydrogen-bond acceptors (Lipinski definition) is 4. The average molecular weight is 303 g/mol. The Morgan fingerprint density at radius 1 is 1.38 bits per heavy atom. The third-order valence-electron chi connectivity index (χ3n) is 3.34. The molecule has 112 valence electrons. The van der Waals surface area contributed by atoms with E-state index in [2.05, 4.69) is 10.3 Å². The van der Waals surface area contributed by atoms with E-state index in [0.29, 0.717) is 6.42 Å². The highest BCUT2D eigenvalue weighted by atomic mass is 32.1. The number of carbonyl (C=O) groups is 1. The van der Waals surface area contributed by atoms with Crippen LogP contribution in [0.25, 0.3) is 0 Å². The zero-order valence-corrected chi connectivity index (χ0v) is 13.5. The minimum absolute atomic E-state index is 0.0607. The van der Waals surface area contributed by atoms with Gasteiger partial charge in [-0.1, -0.05) is 6.07 Å². The number of nitrogens with one attached hydrogen (secondary N) is 1. The van der Waals surface area contributed by atoms with Gasteiger partial charge in [0.1, 0.15) is 0 Å². The van der Waals surface area contributed by atoms with Gasteiger partial charge in [-0.3, -0.25) is 4.79 Å². The largest absolute Gasteiger partial charge is 0.377 e. The Hall–Kier alpha value is -1.88. The van der Waals surface area contributed by atoms with E-state index < -0.39 is 0 Å². The molecule has 0 aliphatic heterocycles. The first-order valence-corrected chi connectivity index (χ1v) is 7.91. The molecule has 0 saturated carbocycles. The molecular formula is C16H21N3OS. The molecule has 0 atom stereocenters. The number of nitrogens with zero attached hydrogens (tertiary/aromatic N) is 2. The summed E-state index contributed by atoms with van der Waals surface area (Å²) in [5, 5.41) is 6.06. The summed E-state index contributed by atoms with van der Waals surface area (Å²) < 4.78 is 0. The molecule has 0 radical (unpaired) electrons. The van der Waals surface area contributed by atoms with Crippen molar-refractivity contribution in [3.05, 3.63) is 40.3 Å². The number of rotatable bonds is 6. The van der Waals surface area contributed by atoms with Gasteiger partial charge >= 0.3 is 0 Å². The van der Waals surface area contributed by atoms with E-state index in [-0.39, 0.29) is 5.91 Å². The van der Waals surface area contributed by atoms with Crippen molar-refractivity contribution in [2.75, 3.05) is 24.3 Å². The van der Waals surface area contributed by atoms with E-state index in [9.17, 15) is 4.79 Å². The normalized spacial score (nSPS) is 10.4. The summed E-state index contributed by atoms with van der Waals surface area (Å²) in [6, 6.07) is 5.96. The summed E-state index contributed by atoms with van der Waals surface area (Å²) in [7, 11) is 4.00. The van der Waals surface area contributed by atoms with E-state index in [0.717, 1.165) is 34.8 Å². The number of amides is 1. The molecule has 1 N–H and O–H groups in total. The SMILES string of the molecule is Cc1c(NC(=O)CCCc2nccs2)cccc1N(C)C. The summed E-state index contributed by atoms with van der Waals surface area (Å²) in [6.45, 7) is 2.03. The van der Waals surface area contributed by atoms with Crippen LogP contribution in [0.1, 0.15) is 23.4 Å². The molecule has 0 unspecified atom stereocenters. The summed E-state index contributed by atoms with van der Waals surface area (Å²) >= 11 is 1.64. The lowest BCUT2D eigenvalue weighted by Gasteiger charge is -2.18. The van der Waals surface area contributed by atoms with Crippen LogP contribution in [0.4, 0.5) is 11.4 Å². The Morgan fingerprint density at radius 2 is 2.19 bits per heavy atom. The second kappa shape index (κ2) is 7.22. The lowest BCUT2D eigenvalue weighted by Crippen LogP contribution is -2.15. The van der Waals surface area contributed by atoms with Crippen LogP contribution in [0.15, 0.2) is 29.8 Å². The van der Waals surface area contributed by atoms with Gasteiger partial charge in [-0.05, 0) is 37.5 Å². The zero-order valence-electron chi connectivity index (χ0n) is 12.7. The van der Waals surface area contributed by atoms with Crippen LogP contribution in [0.3, 0.4) is 0 Å². The van der Waals surface area contributed by atoms with Crippen molar-refractivity contribution >= 4 is 28.6 Å².